The fourth-order valence-corrected chi connectivity index (χ4v) is 2.99. The summed E-state index contributed by atoms with van der Waals surface area (Å²) in [5, 5.41) is 11.5. The van der Waals surface area contributed by atoms with Crippen molar-refractivity contribution in [3.8, 4) is 6.07 Å². The van der Waals surface area contributed by atoms with Crippen LogP contribution in [0.15, 0.2) is 24.3 Å². The number of likely N-dealkylation sites (tertiary alicyclic amines) is 1. The van der Waals surface area contributed by atoms with Gasteiger partial charge >= 0.3 is 5.97 Å². The van der Waals surface area contributed by atoms with Gasteiger partial charge in [-0.1, -0.05) is 20.8 Å². The van der Waals surface area contributed by atoms with Gasteiger partial charge in [0.1, 0.15) is 0 Å². The third kappa shape index (κ3) is 5.56. The molecule has 0 bridgehead atoms. The molecule has 1 aliphatic heterocycles. The van der Waals surface area contributed by atoms with Gasteiger partial charge in [-0.25, -0.2) is 0 Å². The first-order valence-electron chi connectivity index (χ1n) is 9.42. The zero-order valence-corrected chi connectivity index (χ0v) is 16.8. The van der Waals surface area contributed by atoms with E-state index in [9.17, 15) is 14.4 Å². The first-order chi connectivity index (χ1) is 13.1. The molecule has 1 aliphatic rings. The average Bonchev–Trinajstić information content (AvgIpc) is 2.67. The lowest BCUT2D eigenvalue weighted by molar-refractivity contribution is -0.160. The van der Waals surface area contributed by atoms with Crippen molar-refractivity contribution < 1.29 is 19.1 Å². The van der Waals surface area contributed by atoms with Gasteiger partial charge in [0.2, 0.25) is 5.91 Å². The second-order valence-corrected chi connectivity index (χ2v) is 8.07. The molecule has 0 aromatic heterocycles. The van der Waals surface area contributed by atoms with Gasteiger partial charge in [-0.05, 0) is 44.0 Å². The maximum Gasteiger partial charge on any atom is 0.309 e. The number of rotatable bonds is 4. The molecule has 7 heteroatoms. The molecule has 1 aromatic rings. The van der Waals surface area contributed by atoms with E-state index in [0.29, 0.717) is 37.2 Å². The van der Waals surface area contributed by atoms with Crippen LogP contribution in [0.25, 0.3) is 0 Å². The van der Waals surface area contributed by atoms with E-state index < -0.39 is 23.4 Å². The van der Waals surface area contributed by atoms with Crippen LogP contribution in [0.4, 0.5) is 5.69 Å². The third-order valence-electron chi connectivity index (χ3n) is 4.70. The van der Waals surface area contributed by atoms with Gasteiger partial charge in [-0.3, -0.25) is 14.4 Å². The minimum atomic E-state index is -0.933. The fourth-order valence-electron chi connectivity index (χ4n) is 2.99. The Balaban J connectivity index is 1.83. The molecule has 0 unspecified atom stereocenters. The summed E-state index contributed by atoms with van der Waals surface area (Å²) in [7, 11) is 0. The molecule has 1 atom stereocenters. The van der Waals surface area contributed by atoms with Crippen molar-refractivity contribution in [3.63, 3.8) is 0 Å². The Kier molecular flexibility index (Phi) is 6.79. The van der Waals surface area contributed by atoms with Gasteiger partial charge in [0.05, 0.1) is 17.6 Å². The number of nitriles is 1. The van der Waals surface area contributed by atoms with Crippen LogP contribution in [0.5, 0.6) is 0 Å². The molecule has 0 spiro atoms. The van der Waals surface area contributed by atoms with Crippen molar-refractivity contribution in [2.24, 2.45) is 11.3 Å². The van der Waals surface area contributed by atoms with E-state index in [2.05, 4.69) is 5.32 Å². The maximum atomic E-state index is 12.4. The summed E-state index contributed by atoms with van der Waals surface area (Å²) >= 11 is 0. The Bertz CT molecular complexity index is 766. The van der Waals surface area contributed by atoms with E-state index in [1.54, 1.807) is 29.2 Å². The molecule has 1 fully saturated rings. The van der Waals surface area contributed by atoms with Gasteiger partial charge < -0.3 is 15.0 Å². The van der Waals surface area contributed by atoms with Crippen LogP contribution in [0.2, 0.25) is 0 Å². The second kappa shape index (κ2) is 8.87. The Morgan fingerprint density at radius 2 is 1.75 bits per heavy atom. The molecule has 2 amide bonds. The molecule has 1 saturated heterocycles. The largest absolute Gasteiger partial charge is 0.452 e. The van der Waals surface area contributed by atoms with Crippen LogP contribution in [-0.4, -0.2) is 41.9 Å². The van der Waals surface area contributed by atoms with E-state index >= 15 is 0 Å². The predicted molar refractivity (Wildman–Crippen MR) is 104 cm³/mol. The molecule has 0 radical (unpaired) electrons. The highest BCUT2D eigenvalue weighted by Gasteiger charge is 2.33. The van der Waals surface area contributed by atoms with E-state index in [4.69, 9.17) is 10.00 Å². The topological polar surface area (TPSA) is 99.5 Å². The minimum absolute atomic E-state index is 0.0782. The highest BCUT2D eigenvalue weighted by Crippen LogP contribution is 2.24. The number of carbonyl (C=O) groups is 3. The second-order valence-electron chi connectivity index (χ2n) is 8.07. The van der Waals surface area contributed by atoms with Crippen molar-refractivity contribution in [1.82, 2.24) is 4.90 Å². The first-order valence-corrected chi connectivity index (χ1v) is 9.42. The van der Waals surface area contributed by atoms with Crippen LogP contribution in [-0.2, 0) is 19.1 Å². The molecule has 1 N–H and O–H groups in total. The van der Waals surface area contributed by atoms with Crippen molar-refractivity contribution in [2.45, 2.75) is 46.6 Å². The number of nitrogens with one attached hydrogen (secondary N) is 1. The quantitative estimate of drug-likeness (QED) is 0.804. The van der Waals surface area contributed by atoms with Gasteiger partial charge in [-0.15, -0.1) is 0 Å². The van der Waals surface area contributed by atoms with Gasteiger partial charge in [0, 0.05) is 24.2 Å². The first kappa shape index (κ1) is 21.4. The highest BCUT2D eigenvalue weighted by molar-refractivity contribution is 5.95. The number of nitrogens with zero attached hydrogens (tertiary/aromatic N) is 2. The smallest absolute Gasteiger partial charge is 0.309 e. The number of hydrogen-bond acceptors (Lipinski definition) is 5. The summed E-state index contributed by atoms with van der Waals surface area (Å²) in [6.07, 6.45) is 0.132. The van der Waals surface area contributed by atoms with E-state index in [0.717, 1.165) is 0 Å². The number of ether oxygens (including phenoxy) is 1. The normalized spacial score (nSPS) is 16.0. The molecule has 7 nitrogen and oxygen atoms in total. The van der Waals surface area contributed by atoms with Crippen molar-refractivity contribution in [2.75, 3.05) is 18.4 Å². The summed E-state index contributed by atoms with van der Waals surface area (Å²) < 4.78 is 5.32. The third-order valence-corrected chi connectivity index (χ3v) is 4.70. The van der Waals surface area contributed by atoms with Crippen LogP contribution in [0.1, 0.15) is 46.1 Å². The van der Waals surface area contributed by atoms with Crippen molar-refractivity contribution in [3.05, 3.63) is 29.8 Å². The number of esters is 1. The van der Waals surface area contributed by atoms with Crippen molar-refractivity contribution >= 4 is 23.5 Å². The Morgan fingerprint density at radius 3 is 2.25 bits per heavy atom. The molecule has 150 valence electrons. The van der Waals surface area contributed by atoms with E-state index in [1.165, 1.54) is 6.92 Å². The van der Waals surface area contributed by atoms with Crippen LogP contribution in [0, 0.1) is 22.7 Å². The standard InChI is InChI=1S/C21H27N3O4/c1-14(18(25)23-17-7-5-15(13-22)6-8-17)28-19(26)16-9-11-24(12-10-16)20(27)21(2,3)4/h5-8,14,16H,9-12H2,1-4H3,(H,23,25)/t14-/m0/s1. The van der Waals surface area contributed by atoms with Gasteiger partial charge in [0.15, 0.2) is 6.10 Å². The summed E-state index contributed by atoms with van der Waals surface area (Å²) in [5.74, 6) is -1.08. The molecular formula is C21H27N3O4. The van der Waals surface area contributed by atoms with Crippen LogP contribution in [0.3, 0.4) is 0 Å². The zero-order valence-electron chi connectivity index (χ0n) is 16.8. The molecule has 0 aliphatic carbocycles. The molecule has 2 rings (SSSR count). The minimum Gasteiger partial charge on any atom is -0.452 e. The van der Waals surface area contributed by atoms with Crippen LogP contribution >= 0.6 is 0 Å². The summed E-state index contributed by atoms with van der Waals surface area (Å²) in [6, 6.07) is 8.43. The lowest BCUT2D eigenvalue weighted by atomic mass is 9.91. The van der Waals surface area contributed by atoms with Crippen LogP contribution < -0.4 is 5.32 Å². The average molecular weight is 385 g/mol. The van der Waals surface area contributed by atoms with Gasteiger partial charge in [0.25, 0.3) is 5.91 Å². The molecule has 1 heterocycles. The Morgan fingerprint density at radius 1 is 1.18 bits per heavy atom. The Labute approximate surface area is 165 Å². The van der Waals surface area contributed by atoms with E-state index in [1.807, 2.05) is 26.8 Å². The number of carbonyl (C=O) groups excluding carboxylic acids is 3. The lowest BCUT2D eigenvalue weighted by Crippen LogP contribution is -2.45. The van der Waals surface area contributed by atoms with Gasteiger partial charge in [-0.2, -0.15) is 5.26 Å². The number of piperidine rings is 1. The number of hydrogen-bond donors (Lipinski definition) is 1. The number of anilines is 1. The predicted octanol–water partition coefficient (Wildman–Crippen LogP) is 2.71. The molecular weight excluding hydrogens is 358 g/mol. The summed E-state index contributed by atoms with van der Waals surface area (Å²) in [6.45, 7) is 8.19. The Hall–Kier alpha value is -2.88. The highest BCUT2D eigenvalue weighted by atomic mass is 16.5. The molecule has 0 saturated carbocycles. The zero-order chi connectivity index (χ0) is 20.9. The fraction of sp³-hybridized carbons (Fsp3) is 0.524. The molecule has 1 aromatic carbocycles. The number of amides is 2. The SMILES string of the molecule is C[C@H](OC(=O)C1CCN(C(=O)C(C)(C)C)CC1)C(=O)Nc1ccc(C#N)cc1. The monoisotopic (exact) mass is 385 g/mol. The summed E-state index contributed by atoms with van der Waals surface area (Å²) in [5.41, 5.74) is 0.584. The lowest BCUT2D eigenvalue weighted by Gasteiger charge is -2.35. The summed E-state index contributed by atoms with van der Waals surface area (Å²) in [4.78, 5) is 38.7. The number of benzene rings is 1. The molecule has 28 heavy (non-hydrogen) atoms. The maximum absolute atomic E-state index is 12.4. The van der Waals surface area contributed by atoms with E-state index in [-0.39, 0.29) is 11.8 Å². The van der Waals surface area contributed by atoms with Crippen molar-refractivity contribution in [1.29, 1.82) is 5.26 Å².